The molecule has 94 valence electrons. The van der Waals surface area contributed by atoms with E-state index in [1.165, 1.54) is 18.3 Å². The molecule has 1 atom stereocenters. The Bertz CT molecular complexity index is 391. The van der Waals surface area contributed by atoms with Gasteiger partial charge in [-0.1, -0.05) is 0 Å². The van der Waals surface area contributed by atoms with Gasteiger partial charge in [0.2, 0.25) is 0 Å². The summed E-state index contributed by atoms with van der Waals surface area (Å²) in [7, 11) is 0. The molecule has 1 heterocycles. The molecule has 0 aromatic carbocycles. The van der Waals surface area contributed by atoms with Gasteiger partial charge in [-0.15, -0.1) is 0 Å². The summed E-state index contributed by atoms with van der Waals surface area (Å²) < 4.78 is 35.8. The topological polar surface area (TPSA) is 88.2 Å². The first-order valence-electron chi connectivity index (χ1n) is 4.55. The number of carbonyl (C=O) groups is 1. The maximum atomic E-state index is 11.9. The molecule has 8 heteroatoms. The number of hydrogen-bond donors (Lipinski definition) is 3. The minimum absolute atomic E-state index is 0.0754. The number of carbonyl (C=O) groups excluding carboxylic acids is 1. The van der Waals surface area contributed by atoms with Crippen LogP contribution >= 0.6 is 0 Å². The number of amides is 1. The Balaban J connectivity index is 2.53. The van der Waals surface area contributed by atoms with E-state index in [1.54, 1.807) is 0 Å². The van der Waals surface area contributed by atoms with Crippen LogP contribution in [0, 0.1) is 0 Å². The van der Waals surface area contributed by atoms with Crippen molar-refractivity contribution < 1.29 is 23.1 Å². The third-order valence-corrected chi connectivity index (χ3v) is 1.85. The molecule has 1 aromatic rings. The highest BCUT2D eigenvalue weighted by Gasteiger charge is 2.38. The van der Waals surface area contributed by atoms with E-state index < -0.39 is 24.7 Å². The van der Waals surface area contributed by atoms with Crippen LogP contribution in [-0.4, -0.2) is 34.8 Å². The second kappa shape index (κ2) is 5.00. The number of aromatic nitrogens is 1. The maximum absolute atomic E-state index is 11.9. The van der Waals surface area contributed by atoms with E-state index in [0.29, 0.717) is 5.69 Å². The molecule has 1 unspecified atom stereocenters. The van der Waals surface area contributed by atoms with Gasteiger partial charge in [-0.3, -0.25) is 4.79 Å². The van der Waals surface area contributed by atoms with Crippen LogP contribution in [0.4, 0.5) is 18.9 Å². The monoisotopic (exact) mass is 249 g/mol. The van der Waals surface area contributed by atoms with Crippen molar-refractivity contribution in [1.29, 1.82) is 0 Å². The maximum Gasteiger partial charge on any atom is 0.416 e. The average molecular weight is 249 g/mol. The molecule has 0 spiro atoms. The third kappa shape index (κ3) is 3.91. The molecule has 1 rings (SSSR count). The number of pyridine rings is 1. The largest absolute Gasteiger partial charge is 0.416 e. The van der Waals surface area contributed by atoms with Gasteiger partial charge >= 0.3 is 6.18 Å². The second-order valence-corrected chi connectivity index (χ2v) is 3.24. The molecule has 0 aliphatic carbocycles. The van der Waals surface area contributed by atoms with Crippen molar-refractivity contribution in [1.82, 2.24) is 10.3 Å². The zero-order valence-electron chi connectivity index (χ0n) is 8.53. The van der Waals surface area contributed by atoms with Crippen LogP contribution < -0.4 is 11.1 Å². The highest BCUT2D eigenvalue weighted by molar-refractivity contribution is 5.92. The molecule has 4 N–H and O–H groups in total. The molecule has 0 aliphatic heterocycles. The van der Waals surface area contributed by atoms with Crippen LogP contribution in [0.3, 0.4) is 0 Å². The molecule has 5 nitrogen and oxygen atoms in total. The molecule has 0 bridgehead atoms. The van der Waals surface area contributed by atoms with Gasteiger partial charge in [-0.25, -0.2) is 4.98 Å². The lowest BCUT2D eigenvalue weighted by Crippen LogP contribution is -2.40. The Morgan fingerprint density at radius 3 is 2.65 bits per heavy atom. The van der Waals surface area contributed by atoms with Crippen LogP contribution in [0.5, 0.6) is 0 Å². The summed E-state index contributed by atoms with van der Waals surface area (Å²) >= 11 is 0. The number of hydrogen-bond acceptors (Lipinski definition) is 4. The van der Waals surface area contributed by atoms with Crippen molar-refractivity contribution in [2.45, 2.75) is 12.3 Å². The molecule has 0 aliphatic rings. The van der Waals surface area contributed by atoms with Gasteiger partial charge in [0.1, 0.15) is 5.69 Å². The summed E-state index contributed by atoms with van der Waals surface area (Å²) in [6.45, 7) is -0.922. The van der Waals surface area contributed by atoms with Gasteiger partial charge in [-0.2, -0.15) is 13.2 Å². The molecule has 0 saturated heterocycles. The van der Waals surface area contributed by atoms with Crippen LogP contribution in [0.15, 0.2) is 18.3 Å². The number of anilines is 1. The molecule has 0 fully saturated rings. The number of nitrogens with two attached hydrogens (primary N) is 1. The predicted octanol–water partition coefficient (Wildman–Crippen LogP) is 0.317. The SMILES string of the molecule is Nc1ccc(C(=O)NCC(O)C(F)(F)F)nc1. The van der Waals surface area contributed by atoms with E-state index in [9.17, 15) is 18.0 Å². The van der Waals surface area contributed by atoms with Gasteiger partial charge in [0.25, 0.3) is 5.91 Å². The predicted molar refractivity (Wildman–Crippen MR) is 53.0 cm³/mol. The Morgan fingerprint density at radius 2 is 2.18 bits per heavy atom. The Morgan fingerprint density at radius 1 is 1.53 bits per heavy atom. The van der Waals surface area contributed by atoms with Crippen molar-refractivity contribution in [2.75, 3.05) is 12.3 Å². The Hall–Kier alpha value is -1.83. The summed E-state index contributed by atoms with van der Waals surface area (Å²) in [6.07, 6.45) is -6.16. The Kier molecular flexibility index (Phi) is 3.89. The zero-order chi connectivity index (χ0) is 13.1. The van der Waals surface area contributed by atoms with E-state index in [-0.39, 0.29) is 5.69 Å². The number of nitrogens with zero attached hydrogens (tertiary/aromatic N) is 1. The number of aliphatic hydroxyl groups excluding tert-OH is 1. The lowest BCUT2D eigenvalue weighted by Gasteiger charge is -2.14. The molecule has 0 radical (unpaired) electrons. The first kappa shape index (κ1) is 13.2. The molecular formula is C9H10F3N3O2. The minimum Gasteiger partial charge on any atom is -0.397 e. The molecular weight excluding hydrogens is 239 g/mol. The lowest BCUT2D eigenvalue weighted by molar-refractivity contribution is -0.201. The fourth-order valence-electron chi connectivity index (χ4n) is 0.935. The summed E-state index contributed by atoms with van der Waals surface area (Å²) in [5.74, 6) is -0.812. The number of aliphatic hydroxyl groups is 1. The summed E-state index contributed by atoms with van der Waals surface area (Å²) in [6, 6.07) is 2.66. The van der Waals surface area contributed by atoms with E-state index in [2.05, 4.69) is 4.98 Å². The fourth-order valence-corrected chi connectivity index (χ4v) is 0.935. The van der Waals surface area contributed by atoms with Crippen molar-refractivity contribution >= 4 is 11.6 Å². The number of rotatable bonds is 3. The van der Waals surface area contributed by atoms with Gasteiger partial charge in [-0.05, 0) is 12.1 Å². The van der Waals surface area contributed by atoms with E-state index in [1.807, 2.05) is 5.32 Å². The highest BCUT2D eigenvalue weighted by Crippen LogP contribution is 2.19. The smallest absolute Gasteiger partial charge is 0.397 e. The molecule has 1 amide bonds. The van der Waals surface area contributed by atoms with E-state index in [0.717, 1.165) is 0 Å². The zero-order valence-corrected chi connectivity index (χ0v) is 8.53. The van der Waals surface area contributed by atoms with Crippen molar-refractivity contribution in [3.8, 4) is 0 Å². The van der Waals surface area contributed by atoms with Gasteiger partial charge < -0.3 is 16.2 Å². The number of halogens is 3. The van der Waals surface area contributed by atoms with Crippen LogP contribution in [0.2, 0.25) is 0 Å². The van der Waals surface area contributed by atoms with Crippen LogP contribution in [0.1, 0.15) is 10.5 Å². The van der Waals surface area contributed by atoms with Crippen LogP contribution in [-0.2, 0) is 0 Å². The average Bonchev–Trinajstić information content (AvgIpc) is 2.25. The highest BCUT2D eigenvalue weighted by atomic mass is 19.4. The number of alkyl halides is 3. The number of nitrogens with one attached hydrogen (secondary N) is 1. The van der Waals surface area contributed by atoms with Crippen LogP contribution in [0.25, 0.3) is 0 Å². The molecule has 17 heavy (non-hydrogen) atoms. The third-order valence-electron chi connectivity index (χ3n) is 1.85. The van der Waals surface area contributed by atoms with Crippen molar-refractivity contribution in [2.24, 2.45) is 0 Å². The fraction of sp³-hybridized carbons (Fsp3) is 0.333. The van der Waals surface area contributed by atoms with Crippen molar-refractivity contribution in [3.05, 3.63) is 24.0 Å². The first-order valence-corrected chi connectivity index (χ1v) is 4.55. The van der Waals surface area contributed by atoms with Gasteiger partial charge in [0.05, 0.1) is 18.4 Å². The van der Waals surface area contributed by atoms with Gasteiger partial charge in [0, 0.05) is 0 Å². The van der Waals surface area contributed by atoms with E-state index >= 15 is 0 Å². The quantitative estimate of drug-likeness (QED) is 0.719. The molecule has 0 saturated carbocycles. The number of nitrogen functional groups attached to an aromatic ring is 1. The normalized spacial score (nSPS) is 13.2. The standard InChI is InChI=1S/C9H10F3N3O2/c10-9(11,12)7(16)4-15-8(17)6-2-1-5(13)3-14-6/h1-3,7,16H,4,13H2,(H,15,17). The summed E-state index contributed by atoms with van der Waals surface area (Å²) in [5, 5.41) is 10.6. The summed E-state index contributed by atoms with van der Waals surface area (Å²) in [4.78, 5) is 14.9. The first-order chi connectivity index (χ1) is 7.80. The molecule has 1 aromatic heterocycles. The Labute approximate surface area is 94.5 Å². The summed E-state index contributed by atoms with van der Waals surface area (Å²) in [5.41, 5.74) is 5.58. The van der Waals surface area contributed by atoms with Gasteiger partial charge in [0.15, 0.2) is 6.10 Å². The van der Waals surface area contributed by atoms with Crippen molar-refractivity contribution in [3.63, 3.8) is 0 Å². The minimum atomic E-state index is -4.76. The lowest BCUT2D eigenvalue weighted by atomic mass is 10.3. The van der Waals surface area contributed by atoms with E-state index in [4.69, 9.17) is 10.8 Å². The second-order valence-electron chi connectivity index (χ2n) is 3.24.